The molecule has 0 spiro atoms. The Morgan fingerprint density at radius 2 is 0.854 bits per heavy atom. The van der Waals surface area contributed by atoms with Gasteiger partial charge >= 0.3 is 17.1 Å². The Hall–Kier alpha value is -4.16. The molecular weight excluding hydrogens is 595 g/mol. The maximum atomic E-state index is 5.05. The van der Waals surface area contributed by atoms with Crippen LogP contribution in [0.3, 0.4) is 0 Å². The topological polar surface area (TPSA) is 125 Å². The molecule has 41 heavy (non-hydrogen) atoms. The number of nitrogens with one attached hydrogen (secondary N) is 2. The van der Waals surface area contributed by atoms with E-state index in [0.29, 0.717) is 34.8 Å². The molecule has 0 saturated carbocycles. The molecular formula is C28H28MnN10S2. The third kappa shape index (κ3) is 11.5. The monoisotopic (exact) mass is 623 g/mol. The van der Waals surface area contributed by atoms with E-state index >= 15 is 0 Å². The summed E-state index contributed by atoms with van der Waals surface area (Å²) in [7, 11) is 0. The molecule has 4 heterocycles. The number of rotatable bonds is 8. The number of hydrazone groups is 2. The molecule has 4 aromatic heterocycles. The minimum absolute atomic E-state index is 0. The maximum Gasteiger partial charge on any atom is 2.00 e. The van der Waals surface area contributed by atoms with Crippen LogP contribution in [0.1, 0.15) is 36.6 Å². The second kappa shape index (κ2) is 19.0. The predicted octanol–water partition coefficient (Wildman–Crippen LogP) is 3.48. The van der Waals surface area contributed by atoms with Crippen LogP contribution in [0.5, 0.6) is 0 Å². The van der Waals surface area contributed by atoms with Gasteiger partial charge in [0.1, 0.15) is 11.4 Å². The molecule has 0 aromatic carbocycles. The van der Waals surface area contributed by atoms with Crippen molar-refractivity contribution in [2.24, 2.45) is 20.2 Å². The Balaban J connectivity index is 0.000000280. The van der Waals surface area contributed by atoms with Gasteiger partial charge in [-0.05, 0) is 72.7 Å². The smallest absolute Gasteiger partial charge is 0.741 e. The summed E-state index contributed by atoms with van der Waals surface area (Å²) >= 11 is 10.1. The van der Waals surface area contributed by atoms with Crippen LogP contribution in [-0.2, 0) is 42.3 Å². The minimum atomic E-state index is 0. The van der Waals surface area contributed by atoms with Crippen LogP contribution in [0.25, 0.3) is 0 Å². The van der Waals surface area contributed by atoms with Crippen molar-refractivity contribution in [2.75, 3.05) is 13.1 Å². The zero-order valence-corrected chi connectivity index (χ0v) is 25.2. The fourth-order valence-electron chi connectivity index (χ4n) is 3.07. The van der Waals surface area contributed by atoms with Crippen molar-refractivity contribution in [3.8, 4) is 0 Å². The van der Waals surface area contributed by atoms with Gasteiger partial charge in [0.15, 0.2) is 0 Å². The molecule has 0 saturated heterocycles. The first-order valence-corrected chi connectivity index (χ1v) is 13.2. The number of pyridine rings is 4. The molecule has 0 amide bonds. The summed E-state index contributed by atoms with van der Waals surface area (Å²) < 4.78 is 0. The van der Waals surface area contributed by atoms with Crippen LogP contribution in [0.4, 0.5) is 0 Å². The van der Waals surface area contributed by atoms with E-state index in [4.69, 9.17) is 25.3 Å². The Labute approximate surface area is 261 Å². The van der Waals surface area contributed by atoms with Crippen molar-refractivity contribution in [2.45, 2.75) is 13.8 Å². The largest absolute Gasteiger partial charge is 2.00 e. The molecule has 1 radical (unpaired) electrons. The van der Waals surface area contributed by atoms with E-state index < -0.39 is 0 Å². The zero-order valence-electron chi connectivity index (χ0n) is 22.4. The SMILES string of the molecule is CCN=C([S-])NN=C(c1ccccn1)c1ccccn1.CCN=C([S-])NN=C(c1ccccn1)c1ccccn1.[Mn+2]. The molecule has 0 unspecified atom stereocenters. The van der Waals surface area contributed by atoms with Gasteiger partial charge in [0.2, 0.25) is 0 Å². The number of aromatic nitrogens is 4. The minimum Gasteiger partial charge on any atom is -0.741 e. The third-order valence-corrected chi connectivity index (χ3v) is 5.20. The number of aliphatic imine (C=N–C) groups is 2. The van der Waals surface area contributed by atoms with Crippen molar-refractivity contribution < 1.29 is 17.1 Å². The fourth-order valence-corrected chi connectivity index (χ4v) is 3.42. The molecule has 209 valence electrons. The average Bonchev–Trinajstić information content (AvgIpc) is 3.00. The van der Waals surface area contributed by atoms with E-state index in [2.05, 4.69) is 51.0 Å². The van der Waals surface area contributed by atoms with Crippen LogP contribution in [0.15, 0.2) is 118 Å². The van der Waals surface area contributed by atoms with Crippen molar-refractivity contribution in [1.82, 2.24) is 30.8 Å². The summed E-state index contributed by atoms with van der Waals surface area (Å²) in [5.74, 6) is 0. The van der Waals surface area contributed by atoms with Gasteiger partial charge < -0.3 is 25.3 Å². The first kappa shape index (κ1) is 33.0. The molecule has 2 N–H and O–H groups in total. The summed E-state index contributed by atoms with van der Waals surface area (Å²) in [4.78, 5) is 25.3. The third-order valence-electron chi connectivity index (χ3n) is 4.76. The van der Waals surface area contributed by atoms with Gasteiger partial charge in [-0.1, -0.05) is 24.3 Å². The van der Waals surface area contributed by atoms with E-state index in [1.54, 1.807) is 24.8 Å². The molecule has 0 fully saturated rings. The van der Waals surface area contributed by atoms with Crippen molar-refractivity contribution in [3.63, 3.8) is 0 Å². The summed E-state index contributed by atoms with van der Waals surface area (Å²) in [5, 5.41) is 9.27. The first-order valence-electron chi connectivity index (χ1n) is 12.4. The van der Waals surface area contributed by atoms with Crippen LogP contribution >= 0.6 is 0 Å². The normalized spacial score (nSPS) is 10.7. The summed E-state index contributed by atoms with van der Waals surface area (Å²) in [5.41, 5.74) is 9.64. The predicted molar refractivity (Wildman–Crippen MR) is 165 cm³/mol. The second-order valence-corrected chi connectivity index (χ2v) is 8.34. The Morgan fingerprint density at radius 3 is 1.07 bits per heavy atom. The van der Waals surface area contributed by atoms with E-state index in [9.17, 15) is 0 Å². The van der Waals surface area contributed by atoms with Crippen molar-refractivity contribution in [3.05, 3.63) is 120 Å². The average molecular weight is 624 g/mol. The van der Waals surface area contributed by atoms with E-state index in [1.807, 2.05) is 86.6 Å². The van der Waals surface area contributed by atoms with Gasteiger partial charge in [0.05, 0.1) is 22.8 Å². The molecule has 10 nitrogen and oxygen atoms in total. The Kier molecular flexibility index (Phi) is 15.3. The quantitative estimate of drug-likeness (QED) is 0.101. The van der Waals surface area contributed by atoms with Gasteiger partial charge in [0.25, 0.3) is 0 Å². The zero-order chi connectivity index (χ0) is 28.4. The standard InChI is InChI=1S/2C14H15N5S.Mn/c2*1-2-15-14(20)19-18-13(11-7-3-5-9-16-11)12-8-4-6-10-17-12;/h2*3-10H,2H2,1H3,(H2,15,19,20);/q;;+2/p-2. The number of amidine groups is 2. The van der Waals surface area contributed by atoms with Crippen molar-refractivity contribution in [1.29, 1.82) is 0 Å². The summed E-state index contributed by atoms with van der Waals surface area (Å²) in [6.45, 7) is 5.06. The van der Waals surface area contributed by atoms with Crippen LogP contribution in [0.2, 0.25) is 0 Å². The van der Waals surface area contributed by atoms with Crippen LogP contribution in [-0.4, -0.2) is 54.8 Å². The molecule has 4 rings (SSSR count). The first-order chi connectivity index (χ1) is 19.6. The molecule has 4 aromatic rings. The van der Waals surface area contributed by atoms with Crippen molar-refractivity contribution >= 4 is 47.0 Å². The molecule has 0 aliphatic rings. The Morgan fingerprint density at radius 1 is 0.561 bits per heavy atom. The molecule has 0 aliphatic carbocycles. The fraction of sp³-hybridized carbons (Fsp3) is 0.143. The number of hydrogen-bond donors (Lipinski definition) is 2. The molecule has 0 atom stereocenters. The summed E-state index contributed by atoms with van der Waals surface area (Å²) in [6.07, 6.45) is 6.84. The maximum absolute atomic E-state index is 5.05. The number of nitrogens with zero attached hydrogens (tertiary/aromatic N) is 8. The summed E-state index contributed by atoms with van der Waals surface area (Å²) in [6, 6.07) is 22.5. The van der Waals surface area contributed by atoms with Gasteiger partial charge in [-0.25, -0.2) is 0 Å². The molecule has 0 bridgehead atoms. The van der Waals surface area contributed by atoms with Gasteiger partial charge in [-0.15, -0.1) is 0 Å². The van der Waals surface area contributed by atoms with Crippen LogP contribution in [0, 0.1) is 0 Å². The van der Waals surface area contributed by atoms with Gasteiger partial charge in [-0.2, -0.15) is 10.2 Å². The number of hydrogen-bond acceptors (Lipinski definition) is 10. The van der Waals surface area contributed by atoms with Gasteiger partial charge in [-0.3, -0.25) is 40.8 Å². The molecule has 13 heteroatoms. The molecule has 0 aliphatic heterocycles. The Bertz CT molecular complexity index is 1230. The van der Waals surface area contributed by atoms with E-state index in [-0.39, 0.29) is 17.1 Å². The second-order valence-electron chi connectivity index (χ2n) is 7.56. The van der Waals surface area contributed by atoms with Gasteiger partial charge in [0, 0.05) is 37.9 Å². The van der Waals surface area contributed by atoms with Crippen LogP contribution < -0.4 is 10.9 Å². The van der Waals surface area contributed by atoms with E-state index in [0.717, 1.165) is 22.8 Å². The van der Waals surface area contributed by atoms with E-state index in [1.165, 1.54) is 0 Å².